The molecule has 0 aromatic heterocycles. The van der Waals surface area contributed by atoms with Crippen LogP contribution in [0.25, 0.3) is 0 Å². The second kappa shape index (κ2) is 3.53. The van der Waals surface area contributed by atoms with E-state index in [1.54, 1.807) is 7.05 Å². The Kier molecular flexibility index (Phi) is 2.80. The fourth-order valence-corrected chi connectivity index (χ4v) is 3.15. The number of hydrogen-bond acceptors (Lipinski definition) is 4. The molecule has 1 saturated heterocycles. The summed E-state index contributed by atoms with van der Waals surface area (Å²) in [6.45, 7) is 0. The molecule has 13 heavy (non-hydrogen) atoms. The number of carbonyl (C=O) groups is 1. The van der Waals surface area contributed by atoms with E-state index >= 15 is 0 Å². The lowest BCUT2D eigenvalue weighted by Gasteiger charge is -2.21. The van der Waals surface area contributed by atoms with Crippen LogP contribution in [0.5, 0.6) is 0 Å². The number of carbonyl (C=O) groups excluding carboxylic acids is 1. The van der Waals surface area contributed by atoms with Gasteiger partial charge in [0.05, 0.1) is 18.6 Å². The summed E-state index contributed by atoms with van der Waals surface area (Å²) in [6, 6.07) is -0.225. The van der Waals surface area contributed by atoms with Crippen LogP contribution >= 0.6 is 0 Å². The van der Waals surface area contributed by atoms with Crippen molar-refractivity contribution < 1.29 is 17.9 Å². The average molecular weight is 207 g/mol. The smallest absolute Gasteiger partial charge is 0.409 e. The van der Waals surface area contributed by atoms with Crippen LogP contribution in [0.15, 0.2) is 0 Å². The minimum absolute atomic E-state index is 0.0542. The molecule has 0 aromatic carbocycles. The van der Waals surface area contributed by atoms with Gasteiger partial charge in [-0.2, -0.15) is 0 Å². The Bertz CT molecular complexity index is 298. The molecule has 1 rings (SSSR count). The molecule has 0 aromatic rings. The zero-order valence-electron chi connectivity index (χ0n) is 7.69. The molecule has 6 heteroatoms. The Balaban J connectivity index is 2.61. The number of methoxy groups -OCH3 is 1. The lowest BCUT2D eigenvalue weighted by Crippen LogP contribution is -2.37. The Hall–Kier alpha value is -0.780. The summed E-state index contributed by atoms with van der Waals surface area (Å²) < 4.78 is 26.6. The van der Waals surface area contributed by atoms with Gasteiger partial charge in [0.2, 0.25) is 0 Å². The molecule has 1 aliphatic rings. The highest BCUT2D eigenvalue weighted by Crippen LogP contribution is 2.16. The van der Waals surface area contributed by atoms with Crippen LogP contribution in [0.4, 0.5) is 4.79 Å². The van der Waals surface area contributed by atoms with E-state index in [0.29, 0.717) is 6.42 Å². The third kappa shape index (κ3) is 2.33. The molecular weight excluding hydrogens is 194 g/mol. The molecule has 76 valence electrons. The quantitative estimate of drug-likeness (QED) is 0.601. The largest absolute Gasteiger partial charge is 0.453 e. The summed E-state index contributed by atoms with van der Waals surface area (Å²) in [5, 5.41) is 0. The van der Waals surface area contributed by atoms with Crippen molar-refractivity contribution in [3.63, 3.8) is 0 Å². The normalized spacial score (nSPS) is 25.5. The lowest BCUT2D eigenvalue weighted by atomic mass is 10.2. The standard InChI is InChI=1S/C7H13NO4S/c1-8(7(9)12-2)6-3-4-13(10,11)5-6/h6H,3-5H2,1-2H3/t6-/m1/s1. The topological polar surface area (TPSA) is 63.7 Å². The maximum Gasteiger partial charge on any atom is 0.409 e. The summed E-state index contributed by atoms with van der Waals surface area (Å²) in [6.07, 6.45) is 0.0237. The van der Waals surface area contributed by atoms with Crippen LogP contribution in [0.3, 0.4) is 0 Å². The molecule has 1 amide bonds. The van der Waals surface area contributed by atoms with Crippen molar-refractivity contribution in [1.82, 2.24) is 4.90 Å². The van der Waals surface area contributed by atoms with E-state index in [1.807, 2.05) is 0 Å². The van der Waals surface area contributed by atoms with E-state index in [1.165, 1.54) is 12.0 Å². The number of nitrogens with zero attached hydrogens (tertiary/aromatic N) is 1. The second-order valence-electron chi connectivity index (χ2n) is 3.14. The third-order valence-electron chi connectivity index (χ3n) is 2.22. The molecule has 1 heterocycles. The molecule has 0 saturated carbocycles. The highest BCUT2D eigenvalue weighted by atomic mass is 32.2. The Morgan fingerprint density at radius 3 is 2.54 bits per heavy atom. The highest BCUT2D eigenvalue weighted by Gasteiger charge is 2.32. The molecule has 0 N–H and O–H groups in total. The zero-order chi connectivity index (χ0) is 10.1. The predicted octanol–water partition coefficient (Wildman–Crippen LogP) is -0.128. The Labute approximate surface area is 77.6 Å². The summed E-state index contributed by atoms with van der Waals surface area (Å²) in [5.74, 6) is 0.220. The van der Waals surface area contributed by atoms with Gasteiger partial charge < -0.3 is 9.64 Å². The maximum absolute atomic E-state index is 11.1. The van der Waals surface area contributed by atoms with Crippen molar-refractivity contribution in [2.24, 2.45) is 0 Å². The van der Waals surface area contributed by atoms with Crippen LogP contribution < -0.4 is 0 Å². The summed E-state index contributed by atoms with van der Waals surface area (Å²) in [5.41, 5.74) is 0. The average Bonchev–Trinajstić information content (AvgIpc) is 2.43. The summed E-state index contributed by atoms with van der Waals surface area (Å²) in [4.78, 5) is 12.4. The minimum atomic E-state index is -2.93. The van der Waals surface area contributed by atoms with Crippen LogP contribution in [0, 0.1) is 0 Å². The monoisotopic (exact) mass is 207 g/mol. The first-order chi connectivity index (χ1) is 5.96. The summed E-state index contributed by atoms with van der Waals surface area (Å²) in [7, 11) is -0.0987. The molecule has 5 nitrogen and oxygen atoms in total. The van der Waals surface area contributed by atoms with Crippen molar-refractivity contribution in [3.05, 3.63) is 0 Å². The number of rotatable bonds is 1. The number of ether oxygens (including phenoxy) is 1. The molecule has 0 radical (unpaired) electrons. The van der Waals surface area contributed by atoms with Gasteiger partial charge in [0.1, 0.15) is 0 Å². The fraction of sp³-hybridized carbons (Fsp3) is 0.857. The minimum Gasteiger partial charge on any atom is -0.453 e. The van der Waals surface area contributed by atoms with Crippen LogP contribution in [-0.4, -0.2) is 51.1 Å². The first kappa shape index (κ1) is 10.3. The van der Waals surface area contributed by atoms with Gasteiger partial charge in [0, 0.05) is 13.1 Å². The van der Waals surface area contributed by atoms with Crippen LogP contribution in [-0.2, 0) is 14.6 Å². The zero-order valence-corrected chi connectivity index (χ0v) is 8.50. The molecule has 1 atom stereocenters. The molecular formula is C7H13NO4S. The summed E-state index contributed by atoms with van der Waals surface area (Å²) >= 11 is 0. The van der Waals surface area contributed by atoms with Gasteiger partial charge in [-0.15, -0.1) is 0 Å². The van der Waals surface area contributed by atoms with Gasteiger partial charge in [-0.25, -0.2) is 13.2 Å². The van der Waals surface area contributed by atoms with Gasteiger partial charge >= 0.3 is 6.09 Å². The Morgan fingerprint density at radius 2 is 2.15 bits per heavy atom. The lowest BCUT2D eigenvalue weighted by molar-refractivity contribution is 0.121. The van der Waals surface area contributed by atoms with E-state index in [4.69, 9.17) is 0 Å². The SMILES string of the molecule is COC(=O)N(C)[C@@H]1CCS(=O)(=O)C1. The molecule has 1 fully saturated rings. The second-order valence-corrected chi connectivity index (χ2v) is 5.37. The van der Waals surface area contributed by atoms with E-state index < -0.39 is 15.9 Å². The first-order valence-corrected chi connectivity index (χ1v) is 5.79. The van der Waals surface area contributed by atoms with Crippen molar-refractivity contribution >= 4 is 15.9 Å². The highest BCUT2D eigenvalue weighted by molar-refractivity contribution is 7.91. The Morgan fingerprint density at radius 1 is 1.54 bits per heavy atom. The van der Waals surface area contributed by atoms with Crippen LogP contribution in [0.1, 0.15) is 6.42 Å². The third-order valence-corrected chi connectivity index (χ3v) is 3.97. The van der Waals surface area contributed by atoms with Gasteiger partial charge in [-0.05, 0) is 6.42 Å². The number of amides is 1. The van der Waals surface area contributed by atoms with Crippen molar-refractivity contribution in [3.8, 4) is 0 Å². The number of hydrogen-bond donors (Lipinski definition) is 0. The van der Waals surface area contributed by atoms with Crippen molar-refractivity contribution in [1.29, 1.82) is 0 Å². The van der Waals surface area contributed by atoms with Gasteiger partial charge in [0.15, 0.2) is 9.84 Å². The van der Waals surface area contributed by atoms with E-state index in [-0.39, 0.29) is 17.5 Å². The first-order valence-electron chi connectivity index (χ1n) is 3.97. The molecule has 0 bridgehead atoms. The van der Waals surface area contributed by atoms with Crippen LogP contribution in [0.2, 0.25) is 0 Å². The molecule has 0 aliphatic carbocycles. The van der Waals surface area contributed by atoms with Gasteiger partial charge in [-0.1, -0.05) is 0 Å². The maximum atomic E-state index is 11.1. The fourth-order valence-electron chi connectivity index (χ4n) is 1.37. The van der Waals surface area contributed by atoms with Crippen molar-refractivity contribution in [2.75, 3.05) is 25.7 Å². The molecule has 0 spiro atoms. The van der Waals surface area contributed by atoms with E-state index in [9.17, 15) is 13.2 Å². The van der Waals surface area contributed by atoms with Gasteiger partial charge in [-0.3, -0.25) is 0 Å². The molecule has 0 unspecified atom stereocenters. The molecule has 1 aliphatic heterocycles. The number of sulfone groups is 1. The van der Waals surface area contributed by atoms with Gasteiger partial charge in [0.25, 0.3) is 0 Å². The van der Waals surface area contributed by atoms with E-state index in [2.05, 4.69) is 4.74 Å². The predicted molar refractivity (Wildman–Crippen MR) is 47.2 cm³/mol. The van der Waals surface area contributed by atoms with E-state index in [0.717, 1.165) is 0 Å². The van der Waals surface area contributed by atoms with Crippen molar-refractivity contribution in [2.45, 2.75) is 12.5 Å².